The van der Waals surface area contributed by atoms with Crippen LogP contribution in [0, 0.1) is 0 Å². The van der Waals surface area contributed by atoms with Gasteiger partial charge in [0.25, 0.3) is 0 Å². The third-order valence-electron chi connectivity index (χ3n) is 4.10. The Hall–Kier alpha value is -1.92. The van der Waals surface area contributed by atoms with Crippen LogP contribution in [0.4, 0.5) is 0 Å². The maximum Gasteiger partial charge on any atom is 0.236 e. The molecule has 0 spiro atoms. The second-order valence-electron chi connectivity index (χ2n) is 5.62. The van der Waals surface area contributed by atoms with E-state index in [1.807, 2.05) is 40.7 Å². The highest BCUT2D eigenvalue weighted by Crippen LogP contribution is 2.26. The summed E-state index contributed by atoms with van der Waals surface area (Å²) in [5.41, 5.74) is 1.01. The molecule has 6 heteroatoms. The molecule has 22 heavy (non-hydrogen) atoms. The van der Waals surface area contributed by atoms with Crippen molar-refractivity contribution in [2.45, 2.75) is 32.0 Å². The average molecular weight is 314 g/mol. The Bertz CT molecular complexity index is 704. The van der Waals surface area contributed by atoms with Crippen LogP contribution >= 0.6 is 11.3 Å². The highest BCUT2D eigenvalue weighted by molar-refractivity contribution is 7.13. The molecule has 114 valence electrons. The van der Waals surface area contributed by atoms with Crippen molar-refractivity contribution in [3.05, 3.63) is 47.9 Å². The summed E-state index contributed by atoms with van der Waals surface area (Å²) in [5, 5.41) is 6.36. The topological polar surface area (TPSA) is 47.1 Å². The number of hydrogen-bond acceptors (Lipinski definition) is 5. The minimum absolute atomic E-state index is 0.529. The van der Waals surface area contributed by atoms with Crippen LogP contribution in [0.5, 0.6) is 0 Å². The Morgan fingerprint density at radius 2 is 2.36 bits per heavy atom. The minimum Gasteiger partial charge on any atom is -0.444 e. The van der Waals surface area contributed by atoms with Crippen molar-refractivity contribution in [1.29, 1.82) is 0 Å². The van der Waals surface area contributed by atoms with E-state index in [1.54, 1.807) is 17.6 Å². The van der Waals surface area contributed by atoms with Gasteiger partial charge in [-0.25, -0.2) is 4.98 Å². The fourth-order valence-corrected chi connectivity index (χ4v) is 3.69. The van der Waals surface area contributed by atoms with Crippen LogP contribution in [-0.4, -0.2) is 32.3 Å². The Kier molecular flexibility index (Phi) is 3.78. The first-order valence-electron chi connectivity index (χ1n) is 7.58. The Balaban J connectivity index is 1.44. The quantitative estimate of drug-likeness (QED) is 0.725. The molecule has 1 fully saturated rings. The van der Waals surface area contributed by atoms with Gasteiger partial charge in [0.05, 0.1) is 17.1 Å². The van der Waals surface area contributed by atoms with Crippen molar-refractivity contribution >= 4 is 11.3 Å². The van der Waals surface area contributed by atoms with Gasteiger partial charge in [0.15, 0.2) is 0 Å². The number of aromatic nitrogens is 3. The largest absolute Gasteiger partial charge is 0.444 e. The lowest BCUT2D eigenvalue weighted by molar-refractivity contribution is 0.217. The van der Waals surface area contributed by atoms with Gasteiger partial charge in [0, 0.05) is 25.0 Å². The molecule has 1 aliphatic heterocycles. The summed E-state index contributed by atoms with van der Waals surface area (Å²) in [6.07, 6.45) is 8.11. The Morgan fingerprint density at radius 3 is 3.18 bits per heavy atom. The lowest BCUT2D eigenvalue weighted by Gasteiger charge is -2.23. The van der Waals surface area contributed by atoms with Crippen LogP contribution in [0.15, 0.2) is 46.7 Å². The maximum absolute atomic E-state index is 5.62. The molecule has 0 N–H and O–H groups in total. The van der Waals surface area contributed by atoms with Crippen molar-refractivity contribution < 1.29 is 4.42 Å². The molecule has 0 bridgehead atoms. The predicted octanol–water partition coefficient (Wildman–Crippen LogP) is 3.26. The van der Waals surface area contributed by atoms with E-state index in [1.165, 1.54) is 12.8 Å². The number of thiophene rings is 1. The van der Waals surface area contributed by atoms with E-state index < -0.39 is 0 Å². The lowest BCUT2D eigenvalue weighted by atomic mass is 10.2. The number of nitrogens with zero attached hydrogens (tertiary/aromatic N) is 4. The van der Waals surface area contributed by atoms with Crippen molar-refractivity contribution in [3.63, 3.8) is 0 Å². The van der Waals surface area contributed by atoms with Gasteiger partial charge in [-0.2, -0.15) is 5.10 Å². The van der Waals surface area contributed by atoms with Crippen LogP contribution in [0.2, 0.25) is 0 Å². The average Bonchev–Trinajstić information content (AvgIpc) is 3.28. The third-order valence-corrected chi connectivity index (χ3v) is 4.96. The molecule has 1 unspecified atom stereocenters. The summed E-state index contributed by atoms with van der Waals surface area (Å²) in [4.78, 5) is 8.20. The number of hydrogen-bond donors (Lipinski definition) is 0. The van der Waals surface area contributed by atoms with Gasteiger partial charge < -0.3 is 4.42 Å². The van der Waals surface area contributed by atoms with Crippen molar-refractivity contribution in [3.8, 4) is 10.8 Å². The standard InChI is InChI=1S/C16H18N4OS/c1-4-14(11-20-8-3-6-17-20)19(7-1)10-13-12-21-16(18-13)15-5-2-9-22-15/h2-3,5-6,8-9,12,14H,1,4,7,10-11H2. The van der Waals surface area contributed by atoms with E-state index in [-0.39, 0.29) is 0 Å². The van der Waals surface area contributed by atoms with Gasteiger partial charge in [-0.05, 0) is 36.9 Å². The summed E-state index contributed by atoms with van der Waals surface area (Å²) < 4.78 is 7.63. The van der Waals surface area contributed by atoms with E-state index in [0.29, 0.717) is 6.04 Å². The highest BCUT2D eigenvalue weighted by Gasteiger charge is 2.26. The maximum atomic E-state index is 5.62. The molecular formula is C16H18N4OS. The van der Waals surface area contributed by atoms with Crippen LogP contribution in [-0.2, 0) is 13.1 Å². The molecule has 0 saturated carbocycles. The molecule has 0 aliphatic carbocycles. The Morgan fingerprint density at radius 1 is 1.36 bits per heavy atom. The minimum atomic E-state index is 0.529. The molecule has 5 nitrogen and oxygen atoms in total. The van der Waals surface area contributed by atoms with E-state index >= 15 is 0 Å². The SMILES string of the molecule is c1csc(-c2nc(CN3CCCC3Cn3cccn3)co2)c1. The predicted molar refractivity (Wildman–Crippen MR) is 85.5 cm³/mol. The van der Waals surface area contributed by atoms with Crippen LogP contribution in [0.25, 0.3) is 10.8 Å². The van der Waals surface area contributed by atoms with E-state index in [4.69, 9.17) is 4.42 Å². The molecule has 1 saturated heterocycles. The van der Waals surface area contributed by atoms with E-state index in [2.05, 4.69) is 15.0 Å². The Labute approximate surface area is 133 Å². The van der Waals surface area contributed by atoms with Crippen molar-refractivity contribution in [2.75, 3.05) is 6.54 Å². The molecule has 4 rings (SSSR count). The smallest absolute Gasteiger partial charge is 0.236 e. The summed E-state index contributed by atoms with van der Waals surface area (Å²) in [5.74, 6) is 0.729. The summed E-state index contributed by atoms with van der Waals surface area (Å²) in [6, 6.07) is 6.56. The normalized spacial score (nSPS) is 19.0. The first kappa shape index (κ1) is 13.7. The molecule has 0 radical (unpaired) electrons. The van der Waals surface area contributed by atoms with Crippen LogP contribution in [0.3, 0.4) is 0 Å². The molecule has 3 aromatic rings. The van der Waals surface area contributed by atoms with Crippen LogP contribution < -0.4 is 0 Å². The molecule has 3 aromatic heterocycles. The number of rotatable bonds is 5. The first-order valence-corrected chi connectivity index (χ1v) is 8.46. The molecule has 4 heterocycles. The third kappa shape index (κ3) is 2.84. The second kappa shape index (κ2) is 6.06. The monoisotopic (exact) mass is 314 g/mol. The fraction of sp³-hybridized carbons (Fsp3) is 0.375. The zero-order chi connectivity index (χ0) is 14.8. The van der Waals surface area contributed by atoms with Crippen molar-refractivity contribution in [1.82, 2.24) is 19.7 Å². The fourth-order valence-electron chi connectivity index (χ4n) is 3.04. The van der Waals surface area contributed by atoms with Gasteiger partial charge in [0.1, 0.15) is 6.26 Å². The zero-order valence-corrected chi connectivity index (χ0v) is 13.1. The van der Waals surface area contributed by atoms with Crippen molar-refractivity contribution in [2.24, 2.45) is 0 Å². The summed E-state index contributed by atoms with van der Waals surface area (Å²) in [7, 11) is 0. The second-order valence-corrected chi connectivity index (χ2v) is 6.56. The molecular weight excluding hydrogens is 296 g/mol. The summed E-state index contributed by atoms with van der Waals surface area (Å²) >= 11 is 1.65. The zero-order valence-electron chi connectivity index (χ0n) is 12.3. The van der Waals surface area contributed by atoms with Gasteiger partial charge >= 0.3 is 0 Å². The lowest BCUT2D eigenvalue weighted by Crippen LogP contribution is -2.32. The van der Waals surface area contributed by atoms with Gasteiger partial charge in [-0.3, -0.25) is 9.58 Å². The molecule has 0 aromatic carbocycles. The molecule has 1 atom stereocenters. The van der Waals surface area contributed by atoms with Crippen LogP contribution in [0.1, 0.15) is 18.5 Å². The molecule has 1 aliphatic rings. The highest BCUT2D eigenvalue weighted by atomic mass is 32.1. The summed E-state index contributed by atoms with van der Waals surface area (Å²) in [6.45, 7) is 2.91. The number of likely N-dealkylation sites (tertiary alicyclic amines) is 1. The number of oxazole rings is 1. The van der Waals surface area contributed by atoms with Gasteiger partial charge in [-0.15, -0.1) is 11.3 Å². The van der Waals surface area contributed by atoms with E-state index in [0.717, 1.165) is 36.1 Å². The van der Waals surface area contributed by atoms with Gasteiger partial charge in [0.2, 0.25) is 5.89 Å². The first-order chi connectivity index (χ1) is 10.9. The van der Waals surface area contributed by atoms with E-state index in [9.17, 15) is 0 Å². The molecule has 0 amide bonds. The van der Waals surface area contributed by atoms with Gasteiger partial charge in [-0.1, -0.05) is 6.07 Å².